The van der Waals surface area contributed by atoms with Crippen LogP contribution < -0.4 is 5.73 Å². The average molecular weight is 269 g/mol. The molecule has 2 heterocycles. The highest BCUT2D eigenvalue weighted by molar-refractivity contribution is 5.79. The molecule has 1 saturated heterocycles. The van der Waals surface area contributed by atoms with Crippen LogP contribution in [0, 0.1) is 12.8 Å². The Labute approximate surface area is 120 Å². The molecule has 1 fully saturated rings. The van der Waals surface area contributed by atoms with E-state index in [-0.39, 0.29) is 0 Å². The lowest BCUT2D eigenvalue weighted by atomic mass is 10.0. The zero-order valence-electron chi connectivity index (χ0n) is 12.3. The molecule has 106 valence electrons. The number of aryl methyl sites for hydroxylation is 1. The quantitative estimate of drug-likeness (QED) is 0.931. The third-order valence-corrected chi connectivity index (χ3v) is 4.36. The topological polar surface area (TPSA) is 42.1 Å². The third kappa shape index (κ3) is 2.56. The molecule has 3 heteroatoms. The van der Waals surface area contributed by atoms with E-state index in [1.54, 1.807) is 0 Å². The molecule has 2 N–H and O–H groups in total. The predicted molar refractivity (Wildman–Crippen MR) is 83.6 cm³/mol. The summed E-state index contributed by atoms with van der Waals surface area (Å²) in [5, 5.41) is 1.21. The summed E-state index contributed by atoms with van der Waals surface area (Å²) in [6.07, 6.45) is 1.28. The first-order valence-corrected chi connectivity index (χ1v) is 7.49. The van der Waals surface area contributed by atoms with Gasteiger partial charge < -0.3 is 5.73 Å². The normalized spacial score (nSPS) is 21.4. The molecule has 1 aromatic heterocycles. The molecule has 3 nitrogen and oxygen atoms in total. The van der Waals surface area contributed by atoms with Crippen LogP contribution in [-0.2, 0) is 0 Å². The third-order valence-electron chi connectivity index (χ3n) is 4.36. The minimum atomic E-state index is 0.339. The number of rotatable bonds is 3. The van der Waals surface area contributed by atoms with Crippen LogP contribution in [0.15, 0.2) is 30.3 Å². The molecule has 3 rings (SSSR count). The summed E-state index contributed by atoms with van der Waals surface area (Å²) < 4.78 is 0. The SMILES string of the molecule is Cc1ccc2cc(C(CN)N3CCC(C)C3)ccc2n1. The molecule has 0 aliphatic carbocycles. The fourth-order valence-electron chi connectivity index (χ4n) is 3.20. The van der Waals surface area contributed by atoms with Crippen molar-refractivity contribution in [1.29, 1.82) is 0 Å². The second-order valence-corrected chi connectivity index (χ2v) is 6.05. The van der Waals surface area contributed by atoms with Crippen molar-refractivity contribution in [3.05, 3.63) is 41.6 Å². The monoisotopic (exact) mass is 269 g/mol. The molecule has 2 aromatic rings. The molecule has 0 amide bonds. The second kappa shape index (κ2) is 5.51. The Balaban J connectivity index is 1.93. The Kier molecular flexibility index (Phi) is 3.72. The Morgan fingerprint density at radius 2 is 2.20 bits per heavy atom. The Morgan fingerprint density at radius 1 is 1.35 bits per heavy atom. The van der Waals surface area contributed by atoms with Gasteiger partial charge in [0, 0.05) is 30.2 Å². The van der Waals surface area contributed by atoms with Gasteiger partial charge in [0.1, 0.15) is 0 Å². The number of pyridine rings is 1. The number of likely N-dealkylation sites (tertiary alicyclic amines) is 1. The van der Waals surface area contributed by atoms with Crippen LogP contribution in [0.3, 0.4) is 0 Å². The van der Waals surface area contributed by atoms with Gasteiger partial charge in [-0.3, -0.25) is 9.88 Å². The van der Waals surface area contributed by atoms with Crippen molar-refractivity contribution < 1.29 is 0 Å². The highest BCUT2D eigenvalue weighted by Gasteiger charge is 2.26. The molecular weight excluding hydrogens is 246 g/mol. The number of aromatic nitrogens is 1. The Hall–Kier alpha value is -1.45. The summed E-state index contributed by atoms with van der Waals surface area (Å²) in [6, 6.07) is 11.1. The number of nitrogens with two attached hydrogens (primary N) is 1. The van der Waals surface area contributed by atoms with E-state index in [1.807, 2.05) is 6.92 Å². The van der Waals surface area contributed by atoms with Crippen LogP contribution in [0.4, 0.5) is 0 Å². The van der Waals surface area contributed by atoms with E-state index in [9.17, 15) is 0 Å². The molecule has 0 spiro atoms. The molecule has 1 aromatic carbocycles. The molecule has 0 saturated carbocycles. The van der Waals surface area contributed by atoms with E-state index in [0.29, 0.717) is 12.6 Å². The van der Waals surface area contributed by atoms with Gasteiger partial charge in [0.25, 0.3) is 0 Å². The summed E-state index contributed by atoms with van der Waals surface area (Å²) in [5.74, 6) is 0.786. The minimum Gasteiger partial charge on any atom is -0.329 e. The Bertz CT molecular complexity index is 608. The van der Waals surface area contributed by atoms with E-state index in [1.165, 1.54) is 17.4 Å². The molecule has 2 unspecified atom stereocenters. The van der Waals surface area contributed by atoms with E-state index < -0.39 is 0 Å². The molecular formula is C17H23N3. The van der Waals surface area contributed by atoms with Gasteiger partial charge in [-0.25, -0.2) is 0 Å². The van der Waals surface area contributed by atoms with E-state index in [4.69, 9.17) is 5.73 Å². The lowest BCUT2D eigenvalue weighted by Gasteiger charge is -2.27. The van der Waals surface area contributed by atoms with Gasteiger partial charge >= 0.3 is 0 Å². The fraction of sp³-hybridized carbons (Fsp3) is 0.471. The van der Waals surface area contributed by atoms with Crippen LogP contribution in [0.2, 0.25) is 0 Å². The van der Waals surface area contributed by atoms with E-state index in [0.717, 1.165) is 30.2 Å². The Morgan fingerprint density at radius 3 is 2.90 bits per heavy atom. The van der Waals surface area contributed by atoms with Crippen LogP contribution in [0.5, 0.6) is 0 Å². The first-order chi connectivity index (χ1) is 9.67. The summed E-state index contributed by atoms with van der Waals surface area (Å²) in [5.41, 5.74) is 9.49. The van der Waals surface area contributed by atoms with Crippen LogP contribution >= 0.6 is 0 Å². The molecule has 2 atom stereocenters. The molecule has 0 bridgehead atoms. The van der Waals surface area contributed by atoms with Crippen LogP contribution in [0.1, 0.15) is 30.6 Å². The molecule has 1 aliphatic rings. The smallest absolute Gasteiger partial charge is 0.0705 e. The second-order valence-electron chi connectivity index (χ2n) is 6.05. The summed E-state index contributed by atoms with van der Waals surface area (Å²) >= 11 is 0. The maximum atomic E-state index is 6.04. The predicted octanol–water partition coefficient (Wildman–Crippen LogP) is 2.88. The van der Waals surface area contributed by atoms with Gasteiger partial charge in [0.05, 0.1) is 5.52 Å². The summed E-state index contributed by atoms with van der Waals surface area (Å²) in [4.78, 5) is 7.09. The average Bonchev–Trinajstić information content (AvgIpc) is 2.86. The van der Waals surface area contributed by atoms with Crippen molar-refractivity contribution in [3.8, 4) is 0 Å². The molecule has 0 radical (unpaired) electrons. The largest absolute Gasteiger partial charge is 0.329 e. The van der Waals surface area contributed by atoms with Crippen molar-refractivity contribution in [3.63, 3.8) is 0 Å². The number of hydrogen-bond donors (Lipinski definition) is 1. The number of hydrogen-bond acceptors (Lipinski definition) is 3. The van der Waals surface area contributed by atoms with Gasteiger partial charge in [-0.05, 0) is 49.6 Å². The van der Waals surface area contributed by atoms with Crippen molar-refractivity contribution >= 4 is 10.9 Å². The van der Waals surface area contributed by atoms with E-state index >= 15 is 0 Å². The maximum absolute atomic E-state index is 6.04. The number of benzene rings is 1. The van der Waals surface area contributed by atoms with Crippen molar-refractivity contribution in [2.45, 2.75) is 26.3 Å². The molecule has 20 heavy (non-hydrogen) atoms. The fourth-order valence-corrected chi connectivity index (χ4v) is 3.20. The van der Waals surface area contributed by atoms with E-state index in [2.05, 4.69) is 47.1 Å². The molecule has 1 aliphatic heterocycles. The zero-order valence-corrected chi connectivity index (χ0v) is 12.3. The lowest BCUT2D eigenvalue weighted by molar-refractivity contribution is 0.244. The summed E-state index contributed by atoms with van der Waals surface area (Å²) in [6.45, 7) is 7.35. The first kappa shape index (κ1) is 13.5. The standard InChI is InChI=1S/C17H23N3/c1-12-7-8-20(11-12)17(10-18)15-5-6-16-14(9-15)4-3-13(2)19-16/h3-6,9,12,17H,7-8,10-11,18H2,1-2H3. The van der Waals surface area contributed by atoms with Gasteiger partial charge in [-0.2, -0.15) is 0 Å². The van der Waals surface area contributed by atoms with Crippen molar-refractivity contribution in [1.82, 2.24) is 9.88 Å². The highest BCUT2D eigenvalue weighted by atomic mass is 15.2. The number of fused-ring (bicyclic) bond motifs is 1. The van der Waals surface area contributed by atoms with Crippen molar-refractivity contribution in [2.75, 3.05) is 19.6 Å². The summed E-state index contributed by atoms with van der Waals surface area (Å²) in [7, 11) is 0. The first-order valence-electron chi connectivity index (χ1n) is 7.49. The lowest BCUT2D eigenvalue weighted by Crippen LogP contribution is -2.31. The van der Waals surface area contributed by atoms with Gasteiger partial charge in [-0.1, -0.05) is 19.1 Å². The van der Waals surface area contributed by atoms with Gasteiger partial charge in [0.15, 0.2) is 0 Å². The highest BCUT2D eigenvalue weighted by Crippen LogP contribution is 2.28. The number of nitrogens with zero attached hydrogens (tertiary/aromatic N) is 2. The zero-order chi connectivity index (χ0) is 14.1. The maximum Gasteiger partial charge on any atom is 0.0705 e. The van der Waals surface area contributed by atoms with Gasteiger partial charge in [-0.15, -0.1) is 0 Å². The van der Waals surface area contributed by atoms with Crippen LogP contribution in [-0.4, -0.2) is 29.5 Å². The van der Waals surface area contributed by atoms with Crippen LogP contribution in [0.25, 0.3) is 10.9 Å². The van der Waals surface area contributed by atoms with Crippen molar-refractivity contribution in [2.24, 2.45) is 11.7 Å². The van der Waals surface area contributed by atoms with Gasteiger partial charge in [0.2, 0.25) is 0 Å². The minimum absolute atomic E-state index is 0.339.